The molecule has 0 spiro atoms. The van der Waals surface area contributed by atoms with Crippen molar-refractivity contribution in [3.8, 4) is 0 Å². The number of esters is 1. The minimum atomic E-state index is -1.20. The highest BCUT2D eigenvalue weighted by molar-refractivity contribution is 5.82. The number of aliphatic hydroxyl groups is 2. The van der Waals surface area contributed by atoms with Crippen molar-refractivity contribution in [3.63, 3.8) is 0 Å². The van der Waals surface area contributed by atoms with E-state index in [4.69, 9.17) is 15.2 Å². The van der Waals surface area contributed by atoms with Crippen molar-refractivity contribution < 1.29 is 24.5 Å². The zero-order chi connectivity index (χ0) is 18.7. The van der Waals surface area contributed by atoms with E-state index in [-0.39, 0.29) is 12.4 Å². The standard InChI is InChI=1S/C16H19N5O5/c1-2-25-10(22)6-4-3-5-9-12(23)13(24)16(26-9)21-8-20-11-14(17)18-7-19-15(11)21/h3-9,12-13,16,23-24H,2H2,1H3,(H2,17,18,19)/b5-3+,6-4+/t9-,12-,13-,16?/m1/s1. The van der Waals surface area contributed by atoms with Crippen LogP contribution in [-0.4, -0.2) is 60.6 Å². The summed E-state index contributed by atoms with van der Waals surface area (Å²) in [6, 6.07) is 0. The van der Waals surface area contributed by atoms with Gasteiger partial charge in [0, 0.05) is 6.08 Å². The molecule has 2 aromatic rings. The fraction of sp³-hybridized carbons (Fsp3) is 0.375. The lowest BCUT2D eigenvalue weighted by molar-refractivity contribution is -0.137. The highest BCUT2D eigenvalue weighted by Crippen LogP contribution is 2.32. The van der Waals surface area contributed by atoms with Crippen molar-refractivity contribution in [2.75, 3.05) is 12.3 Å². The first-order valence-electron chi connectivity index (χ1n) is 7.99. The Morgan fingerprint density at radius 3 is 2.92 bits per heavy atom. The molecule has 0 aromatic carbocycles. The van der Waals surface area contributed by atoms with Crippen LogP contribution < -0.4 is 5.73 Å². The van der Waals surface area contributed by atoms with Crippen LogP contribution in [0.15, 0.2) is 37.0 Å². The number of aliphatic hydroxyl groups excluding tert-OH is 2. The van der Waals surface area contributed by atoms with Crippen molar-refractivity contribution in [2.45, 2.75) is 31.5 Å². The monoisotopic (exact) mass is 361 g/mol. The number of nitrogen functional groups attached to an aromatic ring is 1. The lowest BCUT2D eigenvalue weighted by Gasteiger charge is -2.16. The summed E-state index contributed by atoms with van der Waals surface area (Å²) in [7, 11) is 0. The van der Waals surface area contributed by atoms with Crippen LogP contribution in [-0.2, 0) is 14.3 Å². The summed E-state index contributed by atoms with van der Waals surface area (Å²) in [6.07, 6.45) is 4.45. The molecule has 4 atom stereocenters. The Hall–Kier alpha value is -2.82. The van der Waals surface area contributed by atoms with Crippen LogP contribution in [0.3, 0.4) is 0 Å². The molecule has 0 bridgehead atoms. The lowest BCUT2D eigenvalue weighted by Crippen LogP contribution is -2.30. The van der Waals surface area contributed by atoms with Gasteiger partial charge in [0.15, 0.2) is 17.7 Å². The molecule has 10 nitrogen and oxygen atoms in total. The number of nitrogens with two attached hydrogens (primary N) is 1. The predicted molar refractivity (Wildman–Crippen MR) is 90.6 cm³/mol. The molecule has 4 N–H and O–H groups in total. The molecule has 10 heteroatoms. The second-order valence-electron chi connectivity index (χ2n) is 5.55. The first kappa shape index (κ1) is 18.0. The average Bonchev–Trinajstić information content (AvgIpc) is 3.16. The van der Waals surface area contributed by atoms with Gasteiger partial charge in [-0.2, -0.15) is 0 Å². The number of anilines is 1. The summed E-state index contributed by atoms with van der Waals surface area (Å²) in [5, 5.41) is 20.5. The second-order valence-corrected chi connectivity index (χ2v) is 5.55. The van der Waals surface area contributed by atoms with Crippen molar-refractivity contribution in [3.05, 3.63) is 37.0 Å². The summed E-state index contributed by atoms with van der Waals surface area (Å²) in [5.74, 6) is -0.257. The second kappa shape index (κ2) is 7.60. The predicted octanol–water partition coefficient (Wildman–Crippen LogP) is -0.297. The Kier molecular flexibility index (Phi) is 5.26. The molecule has 3 heterocycles. The van der Waals surface area contributed by atoms with Gasteiger partial charge in [0.1, 0.15) is 30.2 Å². The molecule has 0 radical (unpaired) electrons. The fourth-order valence-electron chi connectivity index (χ4n) is 2.63. The van der Waals surface area contributed by atoms with Gasteiger partial charge in [0.2, 0.25) is 0 Å². The van der Waals surface area contributed by atoms with Crippen LogP contribution in [0.25, 0.3) is 11.2 Å². The third kappa shape index (κ3) is 3.43. The Labute approximate surface area is 148 Å². The third-order valence-electron chi connectivity index (χ3n) is 3.87. The van der Waals surface area contributed by atoms with Gasteiger partial charge in [0.25, 0.3) is 0 Å². The molecule has 0 aliphatic carbocycles. The average molecular weight is 361 g/mol. The maximum Gasteiger partial charge on any atom is 0.330 e. The first-order chi connectivity index (χ1) is 12.5. The van der Waals surface area contributed by atoms with Gasteiger partial charge < -0.3 is 25.4 Å². The zero-order valence-electron chi connectivity index (χ0n) is 14.0. The quantitative estimate of drug-likeness (QED) is 0.371. The molecule has 1 saturated heterocycles. The minimum Gasteiger partial charge on any atom is -0.463 e. The van der Waals surface area contributed by atoms with Crippen LogP contribution >= 0.6 is 0 Å². The number of rotatable bonds is 5. The Morgan fingerprint density at radius 1 is 1.35 bits per heavy atom. The number of aromatic nitrogens is 4. The maximum absolute atomic E-state index is 11.2. The summed E-state index contributed by atoms with van der Waals surface area (Å²) in [4.78, 5) is 23.3. The number of hydrogen-bond acceptors (Lipinski definition) is 9. The molecular weight excluding hydrogens is 342 g/mol. The van der Waals surface area contributed by atoms with E-state index < -0.39 is 30.5 Å². The molecule has 26 heavy (non-hydrogen) atoms. The van der Waals surface area contributed by atoms with Gasteiger partial charge in [-0.3, -0.25) is 4.57 Å². The van der Waals surface area contributed by atoms with Gasteiger partial charge in [-0.25, -0.2) is 19.7 Å². The van der Waals surface area contributed by atoms with Crippen LogP contribution in [0.2, 0.25) is 0 Å². The molecule has 1 aliphatic rings. The van der Waals surface area contributed by atoms with Crippen LogP contribution in [0.4, 0.5) is 5.82 Å². The molecule has 0 amide bonds. The molecular formula is C16H19N5O5. The number of carbonyl (C=O) groups is 1. The molecule has 138 valence electrons. The van der Waals surface area contributed by atoms with Gasteiger partial charge in [0.05, 0.1) is 12.9 Å². The van der Waals surface area contributed by atoms with Crippen molar-refractivity contribution >= 4 is 23.0 Å². The number of allylic oxidation sites excluding steroid dienone is 2. The number of carbonyl (C=O) groups excluding carboxylic acids is 1. The lowest BCUT2D eigenvalue weighted by atomic mass is 10.1. The molecule has 2 aromatic heterocycles. The maximum atomic E-state index is 11.2. The van der Waals surface area contributed by atoms with Crippen LogP contribution in [0.5, 0.6) is 0 Å². The molecule has 3 rings (SSSR count). The Bertz CT molecular complexity index is 849. The number of nitrogens with zero attached hydrogens (tertiary/aromatic N) is 4. The topological polar surface area (TPSA) is 146 Å². The van der Waals surface area contributed by atoms with E-state index in [0.717, 1.165) is 0 Å². The summed E-state index contributed by atoms with van der Waals surface area (Å²) in [6.45, 7) is 2.00. The van der Waals surface area contributed by atoms with E-state index in [1.54, 1.807) is 6.92 Å². The minimum absolute atomic E-state index is 0.210. The van der Waals surface area contributed by atoms with Gasteiger partial charge in [-0.1, -0.05) is 18.2 Å². The van der Waals surface area contributed by atoms with E-state index in [2.05, 4.69) is 15.0 Å². The molecule has 1 aliphatic heterocycles. The summed E-state index contributed by atoms with van der Waals surface area (Å²) < 4.78 is 12.0. The van der Waals surface area contributed by atoms with Gasteiger partial charge in [-0.05, 0) is 6.92 Å². The van der Waals surface area contributed by atoms with Crippen LogP contribution in [0, 0.1) is 0 Å². The number of ether oxygens (including phenoxy) is 2. The summed E-state index contributed by atoms with van der Waals surface area (Å²) >= 11 is 0. The van der Waals surface area contributed by atoms with Crippen molar-refractivity contribution in [1.29, 1.82) is 0 Å². The normalized spacial score (nSPS) is 26.3. The Morgan fingerprint density at radius 2 is 2.15 bits per heavy atom. The number of hydrogen-bond donors (Lipinski definition) is 3. The van der Waals surface area contributed by atoms with Crippen molar-refractivity contribution in [2.24, 2.45) is 0 Å². The number of fused-ring (bicyclic) bond motifs is 1. The van der Waals surface area contributed by atoms with Gasteiger partial charge >= 0.3 is 5.97 Å². The van der Waals surface area contributed by atoms with E-state index in [9.17, 15) is 15.0 Å². The molecule has 0 saturated carbocycles. The highest BCUT2D eigenvalue weighted by Gasteiger charge is 2.43. The van der Waals surface area contributed by atoms with E-state index in [1.165, 1.54) is 41.5 Å². The molecule has 1 unspecified atom stereocenters. The zero-order valence-corrected chi connectivity index (χ0v) is 14.0. The third-order valence-corrected chi connectivity index (χ3v) is 3.87. The first-order valence-corrected chi connectivity index (χ1v) is 7.99. The summed E-state index contributed by atoms with van der Waals surface area (Å²) in [5.41, 5.74) is 6.52. The largest absolute Gasteiger partial charge is 0.463 e. The smallest absolute Gasteiger partial charge is 0.330 e. The fourth-order valence-corrected chi connectivity index (χ4v) is 2.63. The van der Waals surface area contributed by atoms with Crippen LogP contribution in [0.1, 0.15) is 13.2 Å². The van der Waals surface area contributed by atoms with E-state index in [0.29, 0.717) is 11.2 Å². The van der Waals surface area contributed by atoms with E-state index in [1.807, 2.05) is 0 Å². The Balaban J connectivity index is 1.75. The molecule has 1 fully saturated rings. The van der Waals surface area contributed by atoms with E-state index >= 15 is 0 Å². The number of imidazole rings is 1. The SMILES string of the molecule is CCOC(=O)/C=C/C=C/[C@H]1OC(n2cnc3c(N)ncnc32)[C@H](O)[C@@H]1O. The highest BCUT2D eigenvalue weighted by atomic mass is 16.6. The van der Waals surface area contributed by atoms with Crippen molar-refractivity contribution in [1.82, 2.24) is 19.5 Å². The van der Waals surface area contributed by atoms with Gasteiger partial charge in [-0.15, -0.1) is 0 Å².